The Bertz CT molecular complexity index is 1080. The van der Waals surface area contributed by atoms with Crippen LogP contribution in [-0.2, 0) is 13.0 Å². The van der Waals surface area contributed by atoms with Gasteiger partial charge in [-0.1, -0.05) is 51.5 Å². The van der Waals surface area contributed by atoms with Crippen molar-refractivity contribution < 1.29 is 4.79 Å². The molecule has 0 unspecified atom stereocenters. The van der Waals surface area contributed by atoms with E-state index in [1.54, 1.807) is 0 Å². The van der Waals surface area contributed by atoms with Gasteiger partial charge in [0.05, 0.1) is 0 Å². The Morgan fingerprint density at radius 2 is 1.70 bits per heavy atom. The molecule has 1 aromatic heterocycles. The smallest absolute Gasteiger partial charge is 0.165 e. The number of carbonyl (C=O) groups excluding carboxylic acids is 1. The maximum atomic E-state index is 13.1. The third kappa shape index (κ3) is 3.31. The van der Waals surface area contributed by atoms with E-state index in [4.69, 9.17) is 0 Å². The molecule has 0 N–H and O–H groups in total. The first kappa shape index (κ1) is 20.9. The second kappa shape index (κ2) is 8.06. The van der Waals surface area contributed by atoms with Crippen molar-refractivity contribution in [2.75, 3.05) is 0 Å². The minimum atomic E-state index is 0.331. The summed E-state index contributed by atoms with van der Waals surface area (Å²) < 4.78 is 2.46. The Morgan fingerprint density at radius 3 is 2.40 bits per heavy atom. The van der Waals surface area contributed by atoms with E-state index in [0.29, 0.717) is 18.1 Å². The van der Waals surface area contributed by atoms with Crippen LogP contribution in [0.3, 0.4) is 0 Å². The van der Waals surface area contributed by atoms with Crippen molar-refractivity contribution in [2.24, 2.45) is 0 Å². The number of fused-ring (bicyclic) bond motifs is 2. The molecule has 1 aromatic rings. The van der Waals surface area contributed by atoms with E-state index in [9.17, 15) is 4.79 Å². The van der Waals surface area contributed by atoms with E-state index in [2.05, 4.69) is 70.4 Å². The molecule has 1 heterocycles. The highest BCUT2D eigenvalue weighted by Gasteiger charge is 2.31. The Balaban J connectivity index is 2.01. The molecular formula is C28H35NO. The fourth-order valence-corrected chi connectivity index (χ4v) is 5.24. The fourth-order valence-electron chi connectivity index (χ4n) is 5.24. The summed E-state index contributed by atoms with van der Waals surface area (Å²) in [6, 6.07) is 9.22. The predicted molar refractivity (Wildman–Crippen MR) is 127 cm³/mol. The molecule has 0 radical (unpaired) electrons. The minimum Gasteiger partial charge on any atom is -0.347 e. The highest BCUT2D eigenvalue weighted by molar-refractivity contribution is 6.08. The maximum Gasteiger partial charge on any atom is 0.165 e. The van der Waals surface area contributed by atoms with Gasteiger partial charge in [-0.15, -0.1) is 0 Å². The molecule has 0 atom stereocenters. The van der Waals surface area contributed by atoms with Gasteiger partial charge in [-0.2, -0.15) is 0 Å². The van der Waals surface area contributed by atoms with Gasteiger partial charge in [0.25, 0.3) is 0 Å². The Labute approximate surface area is 181 Å². The zero-order valence-corrected chi connectivity index (χ0v) is 19.5. The molecule has 4 rings (SSSR count). The van der Waals surface area contributed by atoms with E-state index in [-0.39, 0.29) is 0 Å². The number of aryl methyl sites for hydroxylation is 2. The number of ketones is 1. The lowest BCUT2D eigenvalue weighted by atomic mass is 9.89. The average molecular weight is 402 g/mol. The molecule has 0 fully saturated rings. The Morgan fingerprint density at radius 1 is 0.933 bits per heavy atom. The molecule has 0 saturated heterocycles. The van der Waals surface area contributed by atoms with E-state index >= 15 is 0 Å². The van der Waals surface area contributed by atoms with Gasteiger partial charge in [-0.25, -0.2) is 0 Å². The first-order chi connectivity index (χ1) is 14.3. The summed E-state index contributed by atoms with van der Waals surface area (Å²) in [5.74, 6) is 0.821. The van der Waals surface area contributed by atoms with Crippen LogP contribution in [-0.4, -0.2) is 10.4 Å². The van der Waals surface area contributed by atoms with Crippen LogP contribution in [0.15, 0.2) is 24.3 Å². The van der Waals surface area contributed by atoms with Crippen molar-refractivity contribution in [1.29, 1.82) is 0 Å². The standard InChI is InChI=1S/C28H35NO/c1-7-8-14-29-20(6)27(28-24(29)10-9-11-25(28)30)23-15-19(5)22-16-21(17(2)3)13-12-18(4)26(22)23/h12-13,15-17H,7-11,14H2,1-6H3. The number of Topliss-reactive ketones (excluding diaryl/α,β-unsaturated/α-hetero) is 1. The zero-order chi connectivity index (χ0) is 21.6. The van der Waals surface area contributed by atoms with Crippen molar-refractivity contribution in [2.45, 2.75) is 86.1 Å². The van der Waals surface area contributed by atoms with Gasteiger partial charge in [0.1, 0.15) is 0 Å². The maximum absolute atomic E-state index is 13.1. The third-order valence-corrected chi connectivity index (χ3v) is 6.95. The van der Waals surface area contributed by atoms with Crippen LogP contribution < -0.4 is 0 Å². The third-order valence-electron chi connectivity index (χ3n) is 6.95. The van der Waals surface area contributed by atoms with Crippen molar-refractivity contribution >= 4 is 5.78 Å². The summed E-state index contributed by atoms with van der Waals surface area (Å²) in [6.07, 6.45) is 5.00. The Kier molecular flexibility index (Phi) is 5.61. The number of carbonyl (C=O) groups is 1. The summed E-state index contributed by atoms with van der Waals surface area (Å²) in [5, 5.41) is 0. The molecule has 2 heteroatoms. The molecule has 0 aliphatic heterocycles. The van der Waals surface area contributed by atoms with Crippen LogP contribution in [0.4, 0.5) is 0 Å². The van der Waals surface area contributed by atoms with E-state index in [1.165, 1.54) is 56.8 Å². The molecule has 0 saturated carbocycles. The fraction of sp³-hybridized carbons (Fsp3) is 0.464. The number of hydrogen-bond donors (Lipinski definition) is 0. The molecule has 3 aliphatic carbocycles. The highest BCUT2D eigenvalue weighted by Crippen LogP contribution is 2.46. The van der Waals surface area contributed by atoms with Crippen molar-refractivity contribution in [3.63, 3.8) is 0 Å². The molecule has 0 spiro atoms. The average Bonchev–Trinajstić information content (AvgIpc) is 3.09. The normalized spacial score (nSPS) is 14.0. The topological polar surface area (TPSA) is 22.0 Å². The molecule has 0 bridgehead atoms. The molecule has 3 aliphatic rings. The lowest BCUT2D eigenvalue weighted by Crippen LogP contribution is -2.14. The van der Waals surface area contributed by atoms with Crippen LogP contribution >= 0.6 is 0 Å². The first-order valence-electron chi connectivity index (χ1n) is 11.6. The highest BCUT2D eigenvalue weighted by atomic mass is 16.1. The molecule has 0 aromatic carbocycles. The number of rotatable bonds is 5. The van der Waals surface area contributed by atoms with Crippen LogP contribution in [0.1, 0.15) is 90.8 Å². The second-order valence-corrected chi connectivity index (χ2v) is 9.41. The van der Waals surface area contributed by atoms with Crippen molar-refractivity contribution in [3.05, 3.63) is 57.9 Å². The van der Waals surface area contributed by atoms with Crippen molar-refractivity contribution in [1.82, 2.24) is 4.57 Å². The number of unbranched alkanes of at least 4 members (excludes halogenated alkanes) is 1. The summed E-state index contributed by atoms with van der Waals surface area (Å²) in [5.41, 5.74) is 12.6. The van der Waals surface area contributed by atoms with Gasteiger partial charge in [0, 0.05) is 35.5 Å². The van der Waals surface area contributed by atoms with E-state index in [1.807, 2.05) is 0 Å². The van der Waals surface area contributed by atoms with Crippen molar-refractivity contribution in [3.8, 4) is 22.3 Å². The molecule has 0 amide bonds. The van der Waals surface area contributed by atoms with Crippen LogP contribution in [0, 0.1) is 20.8 Å². The number of hydrogen-bond acceptors (Lipinski definition) is 1. The van der Waals surface area contributed by atoms with E-state index < -0.39 is 0 Å². The molecule has 2 nitrogen and oxygen atoms in total. The Hall–Kier alpha value is -2.35. The van der Waals surface area contributed by atoms with E-state index in [0.717, 1.165) is 31.4 Å². The van der Waals surface area contributed by atoms with Gasteiger partial charge in [0.15, 0.2) is 5.78 Å². The SMILES string of the molecule is CCCCn1c(C)c(-c2cc(C)c3cc(C(C)C)ccc(C)c2-3)c2c1CCCC2=O. The molecule has 158 valence electrons. The van der Waals surface area contributed by atoms with Crippen LogP contribution in [0.2, 0.25) is 0 Å². The second-order valence-electron chi connectivity index (χ2n) is 9.41. The monoisotopic (exact) mass is 401 g/mol. The van der Waals surface area contributed by atoms with Gasteiger partial charge in [-0.05, 0) is 79.3 Å². The molecular weight excluding hydrogens is 366 g/mol. The number of aromatic nitrogens is 1. The van der Waals surface area contributed by atoms with Gasteiger partial charge in [-0.3, -0.25) is 4.79 Å². The first-order valence-corrected chi connectivity index (χ1v) is 11.6. The largest absolute Gasteiger partial charge is 0.347 e. The quantitative estimate of drug-likeness (QED) is 0.431. The number of nitrogens with zero attached hydrogens (tertiary/aromatic N) is 1. The summed E-state index contributed by atoms with van der Waals surface area (Å²) >= 11 is 0. The van der Waals surface area contributed by atoms with Gasteiger partial charge >= 0.3 is 0 Å². The van der Waals surface area contributed by atoms with Crippen LogP contribution in [0.25, 0.3) is 22.3 Å². The van der Waals surface area contributed by atoms with Crippen LogP contribution in [0.5, 0.6) is 0 Å². The summed E-state index contributed by atoms with van der Waals surface area (Å²) in [7, 11) is 0. The molecule has 30 heavy (non-hydrogen) atoms. The minimum absolute atomic E-state index is 0.331. The van der Waals surface area contributed by atoms with Gasteiger partial charge < -0.3 is 4.57 Å². The van der Waals surface area contributed by atoms with Gasteiger partial charge in [0.2, 0.25) is 0 Å². The zero-order valence-electron chi connectivity index (χ0n) is 19.5. The predicted octanol–water partition coefficient (Wildman–Crippen LogP) is 7.63. The lowest BCUT2D eigenvalue weighted by molar-refractivity contribution is 0.0972. The lowest BCUT2D eigenvalue weighted by Gasteiger charge is -2.15. The summed E-state index contributed by atoms with van der Waals surface area (Å²) in [6.45, 7) is 14.4. The summed E-state index contributed by atoms with van der Waals surface area (Å²) in [4.78, 5) is 13.1.